The molecule has 1 fully saturated rings. The van der Waals surface area contributed by atoms with Gasteiger partial charge in [0.2, 0.25) is 0 Å². The van der Waals surface area contributed by atoms with Crippen molar-refractivity contribution in [1.29, 1.82) is 0 Å². The maximum Gasteiger partial charge on any atom is 0.149 e. The Morgan fingerprint density at radius 2 is 2.06 bits per heavy atom. The van der Waals surface area contributed by atoms with Gasteiger partial charge >= 0.3 is 0 Å². The Morgan fingerprint density at radius 3 is 3.00 bits per heavy atom. The molecule has 3 aliphatic rings. The molecule has 1 N–H and O–H groups in total. The second-order valence-corrected chi connectivity index (χ2v) is 8.75. The van der Waals surface area contributed by atoms with Crippen LogP contribution < -0.4 is 10.1 Å². The van der Waals surface area contributed by atoms with Gasteiger partial charge in [-0.25, -0.2) is 9.37 Å². The van der Waals surface area contributed by atoms with Gasteiger partial charge in [-0.2, -0.15) is 0 Å². The summed E-state index contributed by atoms with van der Waals surface area (Å²) in [6.07, 6.45) is 14.3. The molecule has 3 heterocycles. The molecule has 1 saturated heterocycles. The van der Waals surface area contributed by atoms with Gasteiger partial charge in [-0.05, 0) is 56.4 Å². The number of halogens is 1. The van der Waals surface area contributed by atoms with E-state index in [-0.39, 0.29) is 0 Å². The fourth-order valence-electron chi connectivity index (χ4n) is 4.70. The van der Waals surface area contributed by atoms with E-state index in [2.05, 4.69) is 47.8 Å². The van der Waals surface area contributed by atoms with Crippen LogP contribution in [-0.4, -0.2) is 42.6 Å². The lowest BCUT2D eigenvalue weighted by atomic mass is 9.88. The molecule has 0 saturated carbocycles. The summed E-state index contributed by atoms with van der Waals surface area (Å²) in [7, 11) is 0. The number of hydrogen-bond acceptors (Lipinski definition) is 4. The number of nitrogens with one attached hydrogen (secondary N) is 1. The molecule has 166 valence electrons. The minimum Gasteiger partial charge on any atom is -0.485 e. The van der Waals surface area contributed by atoms with Crippen LogP contribution in [0.25, 0.3) is 10.9 Å². The van der Waals surface area contributed by atoms with E-state index in [0.29, 0.717) is 24.6 Å². The molecular weight excluding hydrogens is 401 g/mol. The van der Waals surface area contributed by atoms with Crippen LogP contribution in [0.4, 0.5) is 4.39 Å². The quantitative estimate of drug-likeness (QED) is 0.713. The number of pyridine rings is 1. The number of nitrogens with zero attached hydrogens (tertiary/aromatic N) is 2. The lowest BCUT2D eigenvalue weighted by Gasteiger charge is -2.27. The predicted molar refractivity (Wildman–Crippen MR) is 128 cm³/mol. The maximum atomic E-state index is 14.4. The molecule has 32 heavy (non-hydrogen) atoms. The number of hydrogen-bond donors (Lipinski definition) is 1. The summed E-state index contributed by atoms with van der Waals surface area (Å²) in [5.41, 5.74) is 4.16. The molecular formula is C27H30FN3O. The molecule has 0 amide bonds. The number of ether oxygens (including phenoxy) is 1. The summed E-state index contributed by atoms with van der Waals surface area (Å²) in [6.45, 7) is 1.92. The molecule has 0 bridgehead atoms. The zero-order chi connectivity index (χ0) is 21.8. The van der Waals surface area contributed by atoms with Crippen molar-refractivity contribution in [3.05, 3.63) is 72.0 Å². The summed E-state index contributed by atoms with van der Waals surface area (Å²) in [4.78, 5) is 9.91. The third kappa shape index (κ3) is 4.68. The summed E-state index contributed by atoms with van der Waals surface area (Å²) in [5, 5.41) is 4.08. The molecule has 3 atom stereocenters. The van der Waals surface area contributed by atoms with Crippen molar-refractivity contribution in [3.63, 3.8) is 0 Å². The third-order valence-electron chi connectivity index (χ3n) is 6.51. The van der Waals surface area contributed by atoms with Crippen LogP contribution >= 0.6 is 0 Å². The zero-order valence-electron chi connectivity index (χ0n) is 18.3. The molecule has 4 nitrogen and oxygen atoms in total. The molecule has 5 rings (SSSR count). The Hall–Kier alpha value is -2.79. The van der Waals surface area contributed by atoms with Crippen LogP contribution in [0.5, 0.6) is 5.75 Å². The molecule has 0 radical (unpaired) electrons. The number of piperidine rings is 1. The first kappa shape index (κ1) is 21.1. The van der Waals surface area contributed by atoms with Crippen molar-refractivity contribution in [2.75, 3.05) is 19.6 Å². The van der Waals surface area contributed by atoms with E-state index in [0.717, 1.165) is 61.1 Å². The number of benzene rings is 1. The van der Waals surface area contributed by atoms with E-state index in [4.69, 9.17) is 14.7 Å². The Labute approximate surface area is 189 Å². The average molecular weight is 432 g/mol. The molecule has 1 aromatic carbocycles. The largest absolute Gasteiger partial charge is 0.485 e. The highest BCUT2D eigenvalue weighted by molar-refractivity contribution is 6.01. The summed E-state index contributed by atoms with van der Waals surface area (Å²) in [6, 6.07) is 10.0. The molecule has 5 heteroatoms. The number of alkyl halides is 1. The molecule has 3 unspecified atom stereocenters. The summed E-state index contributed by atoms with van der Waals surface area (Å²) >= 11 is 0. The molecule has 1 aromatic heterocycles. The van der Waals surface area contributed by atoms with Crippen LogP contribution in [0.3, 0.4) is 0 Å². The van der Waals surface area contributed by atoms with Gasteiger partial charge in [0.1, 0.15) is 23.5 Å². The van der Waals surface area contributed by atoms with Crippen molar-refractivity contribution < 1.29 is 9.13 Å². The van der Waals surface area contributed by atoms with Gasteiger partial charge in [0.25, 0.3) is 0 Å². The van der Waals surface area contributed by atoms with Crippen molar-refractivity contribution in [2.45, 2.75) is 44.4 Å². The normalized spacial score (nSPS) is 27.8. The average Bonchev–Trinajstić information content (AvgIpc) is 2.83. The number of allylic oxidation sites excluding steroid dienone is 6. The number of aliphatic imine (C=N–C) groups is 1. The second-order valence-electron chi connectivity index (χ2n) is 8.75. The van der Waals surface area contributed by atoms with Crippen LogP contribution in [0, 0.1) is 5.92 Å². The Kier molecular flexibility index (Phi) is 6.44. The van der Waals surface area contributed by atoms with Gasteiger partial charge in [-0.3, -0.25) is 4.99 Å². The van der Waals surface area contributed by atoms with E-state index in [9.17, 15) is 4.39 Å². The summed E-state index contributed by atoms with van der Waals surface area (Å²) < 4.78 is 20.5. The molecule has 1 aliphatic carbocycles. The van der Waals surface area contributed by atoms with Crippen LogP contribution in [0.1, 0.15) is 37.8 Å². The highest BCUT2D eigenvalue weighted by atomic mass is 19.1. The SMILES string of the molecule is FC1CNCCC1Oc1cccc2ccc(C3=NCCC/C=C4\C=CC=CC4CC3)nc12. The van der Waals surface area contributed by atoms with Gasteiger partial charge in [-0.1, -0.05) is 48.6 Å². The van der Waals surface area contributed by atoms with Crippen molar-refractivity contribution >= 4 is 16.6 Å². The number of para-hydroxylation sites is 1. The van der Waals surface area contributed by atoms with Crippen LogP contribution in [-0.2, 0) is 0 Å². The first-order valence-electron chi connectivity index (χ1n) is 11.8. The number of rotatable bonds is 3. The fourth-order valence-corrected chi connectivity index (χ4v) is 4.70. The van der Waals surface area contributed by atoms with Crippen molar-refractivity contribution in [3.8, 4) is 5.75 Å². The summed E-state index contributed by atoms with van der Waals surface area (Å²) in [5.74, 6) is 1.09. The highest BCUT2D eigenvalue weighted by Crippen LogP contribution is 2.29. The third-order valence-corrected chi connectivity index (χ3v) is 6.51. The lowest BCUT2D eigenvalue weighted by molar-refractivity contribution is 0.0742. The van der Waals surface area contributed by atoms with Gasteiger partial charge in [0.15, 0.2) is 0 Å². The van der Waals surface area contributed by atoms with Gasteiger partial charge in [0.05, 0.1) is 11.4 Å². The minimum atomic E-state index is -1.01. The Bertz CT molecular complexity index is 1090. The Morgan fingerprint density at radius 1 is 1.09 bits per heavy atom. The van der Waals surface area contributed by atoms with E-state index in [1.165, 1.54) is 5.57 Å². The second kappa shape index (κ2) is 9.78. The van der Waals surface area contributed by atoms with E-state index >= 15 is 0 Å². The first-order valence-corrected chi connectivity index (χ1v) is 11.8. The van der Waals surface area contributed by atoms with Gasteiger partial charge in [0, 0.05) is 24.4 Å². The smallest absolute Gasteiger partial charge is 0.149 e. The van der Waals surface area contributed by atoms with Gasteiger partial charge < -0.3 is 10.1 Å². The van der Waals surface area contributed by atoms with Crippen molar-refractivity contribution in [2.24, 2.45) is 10.9 Å². The topological polar surface area (TPSA) is 46.5 Å². The minimum absolute atomic E-state index is 0.339. The maximum absolute atomic E-state index is 14.4. The van der Waals surface area contributed by atoms with E-state index in [1.807, 2.05) is 18.2 Å². The molecule has 2 aromatic rings. The fraction of sp³-hybridized carbons (Fsp3) is 0.407. The van der Waals surface area contributed by atoms with E-state index in [1.54, 1.807) is 0 Å². The predicted octanol–water partition coefficient (Wildman–Crippen LogP) is 5.35. The zero-order valence-corrected chi connectivity index (χ0v) is 18.3. The van der Waals surface area contributed by atoms with E-state index < -0.39 is 12.3 Å². The Balaban J connectivity index is 1.42. The number of aromatic nitrogens is 1. The monoisotopic (exact) mass is 431 g/mol. The van der Waals surface area contributed by atoms with Crippen LogP contribution in [0.15, 0.2) is 71.3 Å². The first-order chi connectivity index (χ1) is 15.8. The van der Waals surface area contributed by atoms with Gasteiger partial charge in [-0.15, -0.1) is 0 Å². The van der Waals surface area contributed by atoms with Crippen LogP contribution in [0.2, 0.25) is 0 Å². The molecule has 2 aliphatic heterocycles. The van der Waals surface area contributed by atoms with Crippen molar-refractivity contribution in [1.82, 2.24) is 10.3 Å². The molecule has 0 spiro atoms. The number of fused-ring (bicyclic) bond motifs is 2. The standard InChI is InChI=1S/C27H30FN3O/c28-22-18-29-17-15-25(22)32-26-10-5-9-21-12-14-24(31-27(21)26)23-13-11-20-7-2-1-6-19(20)8-3-4-16-30-23/h1-2,5-10,12,14,20,22,25,29H,3-4,11,13,15-18H2/b19-8+,30-23?. The lowest BCUT2D eigenvalue weighted by Crippen LogP contribution is -2.44. The highest BCUT2D eigenvalue weighted by Gasteiger charge is 2.27.